The number of nitriles is 4. The van der Waals surface area contributed by atoms with Gasteiger partial charge in [0.2, 0.25) is 0 Å². The Morgan fingerprint density at radius 2 is 0.786 bits per heavy atom. The average molecular weight is 1800 g/mol. The van der Waals surface area contributed by atoms with E-state index >= 15 is 0 Å². The number of nitro benzene ring substituents is 1. The highest BCUT2D eigenvalue weighted by Crippen LogP contribution is 2.44. The van der Waals surface area contributed by atoms with Gasteiger partial charge in [0.1, 0.15) is 23.6 Å². The zero-order valence-corrected chi connectivity index (χ0v) is 74.4. The highest BCUT2D eigenvalue weighted by atomic mass is 19.2. The lowest BCUT2D eigenvalue weighted by atomic mass is 9.69. The number of methoxy groups -OCH3 is 2. The Hall–Kier alpha value is -13.1. The molecule has 0 aromatic heterocycles. The lowest BCUT2D eigenvalue weighted by molar-refractivity contribution is -0.384. The highest BCUT2D eigenvalue weighted by Gasteiger charge is 2.46. The van der Waals surface area contributed by atoms with Gasteiger partial charge in [-0.1, -0.05) is 133 Å². The first kappa shape index (κ1) is 103. The highest BCUT2D eigenvalue weighted by molar-refractivity contribution is 6.02. The molecule has 4 fully saturated rings. The molecule has 131 heavy (non-hydrogen) atoms. The van der Waals surface area contributed by atoms with Crippen LogP contribution in [0.4, 0.5) is 42.4 Å². The van der Waals surface area contributed by atoms with E-state index in [4.69, 9.17) is 37.1 Å². The summed E-state index contributed by atoms with van der Waals surface area (Å²) >= 11 is 0. The topological polar surface area (TPSA) is 468 Å². The van der Waals surface area contributed by atoms with Crippen LogP contribution in [-0.2, 0) is 45.5 Å². The van der Waals surface area contributed by atoms with Gasteiger partial charge in [-0.3, -0.25) is 14.9 Å². The number of esters is 2. The van der Waals surface area contributed by atoms with E-state index in [-0.39, 0.29) is 74.3 Å². The predicted molar refractivity (Wildman–Crippen MR) is 485 cm³/mol. The summed E-state index contributed by atoms with van der Waals surface area (Å²) in [4.78, 5) is 99.1. The van der Waals surface area contributed by atoms with Crippen molar-refractivity contribution in [2.24, 2.45) is 22.9 Å². The molecule has 13 rings (SSSR count). The maximum atomic E-state index is 14.1. The van der Waals surface area contributed by atoms with Crippen molar-refractivity contribution in [3.63, 3.8) is 0 Å². The molecule has 7 aromatic carbocycles. The number of nitro groups is 1. The average Bonchev–Trinajstić information content (AvgIpc) is 0.759. The molecule has 0 radical (unpaired) electrons. The largest absolute Gasteiger partial charge is 0.466 e. The smallest absolute Gasteiger partial charge is 0.424 e. The zero-order chi connectivity index (χ0) is 95.1. The summed E-state index contributed by atoms with van der Waals surface area (Å²) in [6.45, 7) is 8.55. The number of allylic oxidation sites excluding steroid dienone is 2. The minimum atomic E-state index is -1.50. The van der Waals surface area contributed by atoms with Crippen molar-refractivity contribution < 1.29 is 70.3 Å². The van der Waals surface area contributed by atoms with Crippen LogP contribution < -0.4 is 59.6 Å². The third-order valence-electron chi connectivity index (χ3n) is 24.3. The minimum Gasteiger partial charge on any atom is -0.466 e. The number of amides is 7. The molecule has 2 unspecified atom stereocenters. The number of hydrogen-bond donors (Lipinski definition) is 10. The molecule has 2 atom stereocenters. The van der Waals surface area contributed by atoms with E-state index in [1.54, 1.807) is 0 Å². The Kier molecular flexibility index (Phi) is 40.5. The lowest BCUT2D eigenvalue weighted by Gasteiger charge is -2.36. The summed E-state index contributed by atoms with van der Waals surface area (Å²) < 4.78 is 69.8. The van der Waals surface area contributed by atoms with E-state index in [0.29, 0.717) is 55.6 Å². The number of urea groups is 3. The molecule has 0 saturated heterocycles. The summed E-state index contributed by atoms with van der Waals surface area (Å²) in [5.41, 5.74) is 23.7. The number of hydrogen-bond acceptors (Lipinski definition) is 23. The lowest BCUT2D eigenvalue weighted by Crippen LogP contribution is -2.54. The van der Waals surface area contributed by atoms with Crippen LogP contribution in [0.1, 0.15) is 188 Å². The van der Waals surface area contributed by atoms with Crippen LogP contribution in [0.15, 0.2) is 205 Å². The van der Waals surface area contributed by atoms with Gasteiger partial charge < -0.3 is 69.0 Å². The van der Waals surface area contributed by atoms with E-state index in [9.17, 15) is 82.3 Å². The fourth-order valence-corrected chi connectivity index (χ4v) is 16.8. The van der Waals surface area contributed by atoms with Crippen molar-refractivity contribution in [3.8, 4) is 30.0 Å². The van der Waals surface area contributed by atoms with Crippen molar-refractivity contribution in [3.05, 3.63) is 271 Å². The number of imide groups is 2. The number of carbonyl (C=O) groups is 7. The molecule has 14 N–H and O–H groups in total. The number of carbonyl (C=O) groups excluding carboxylic acids is 7. The molecule has 0 bridgehead atoms. The summed E-state index contributed by atoms with van der Waals surface area (Å²) in [5, 5.41) is 67.2. The second-order valence-electron chi connectivity index (χ2n) is 32.7. The first-order chi connectivity index (χ1) is 63.1. The van der Waals surface area contributed by atoms with Crippen LogP contribution >= 0.6 is 0 Å². The molecular weight excluding hydrogens is 1680 g/mol. The first-order valence-electron chi connectivity index (χ1n) is 44.0. The summed E-state index contributed by atoms with van der Waals surface area (Å²) in [6, 6.07) is 56.1. The standard InChI is InChI=1S/C30H33F2N5O4.C20H15F2N3O7.2C16H23N3.C13H13NO.C3H10N2/c1-19-25(27(38)41-2)26(20-9-10-23(31)24(32)17-20)37(29(40)36-19)28(39)35-16-6-15-34-22-11-13-30(18-33,14-12-22)21-7-4-3-5-8-21;1-10-16(18(26)31-2)17(11-3-8-14(21)15(22)9-11)24(19(27)23-10)20(28)32-13-6-4-12(5-7-13)25(29)30;2*17-11-4-12-19-15-7-9-16(13-18,10-8-15)14-5-2-1-3-6-14;14-10-13(8-6-12(15)7-9-13)11-4-2-1-3-5-11;4-2-1-3-5/h3-5,7-10,17,22,26,34H,6,11-16H2,1-2H3,(H,35,39)(H,36,40);3-9,17H,1-2H3,(H,23,27);2*1-3,5-6,15,19H,4,7-12,17H2;1-5H,6-9H2;1-5H2. The molecule has 6 aliphatic rings. The van der Waals surface area contributed by atoms with Crippen LogP contribution in [0.5, 0.6) is 5.75 Å². The number of ketones is 1. The summed E-state index contributed by atoms with van der Waals surface area (Å²) in [5.74, 6) is -6.31. The van der Waals surface area contributed by atoms with Crippen molar-refractivity contribution in [1.29, 1.82) is 21.0 Å². The first-order valence-corrected chi connectivity index (χ1v) is 44.0. The Morgan fingerprint density at radius 1 is 0.458 bits per heavy atom. The van der Waals surface area contributed by atoms with E-state index in [1.807, 2.05) is 97.1 Å². The van der Waals surface area contributed by atoms with Gasteiger partial charge in [0.15, 0.2) is 23.3 Å². The van der Waals surface area contributed by atoms with Crippen LogP contribution in [0.3, 0.4) is 0 Å². The second-order valence-corrected chi connectivity index (χ2v) is 32.7. The third-order valence-corrected chi connectivity index (χ3v) is 24.3. The van der Waals surface area contributed by atoms with Crippen molar-refractivity contribution >= 4 is 47.6 Å². The maximum absolute atomic E-state index is 14.1. The van der Waals surface area contributed by atoms with E-state index in [0.717, 1.165) is 220 Å². The van der Waals surface area contributed by atoms with Crippen LogP contribution in [0, 0.1) is 78.7 Å². The normalized spacial score (nSPS) is 21.3. The number of halogens is 4. The second kappa shape index (κ2) is 51.3. The molecule has 4 saturated carbocycles. The monoisotopic (exact) mass is 1800 g/mol. The fourth-order valence-electron chi connectivity index (χ4n) is 16.8. The quantitative estimate of drug-likeness (QED) is 0.00835. The number of benzene rings is 7. The number of Topliss-reactive ketones (excluding diaryl/α,β-unsaturated/α-hetero) is 1. The predicted octanol–water partition coefficient (Wildman–Crippen LogP) is 14.7. The minimum absolute atomic E-state index is 0.0379. The van der Waals surface area contributed by atoms with Crippen LogP contribution in [0.25, 0.3) is 0 Å². The van der Waals surface area contributed by atoms with Crippen LogP contribution in [0.2, 0.25) is 0 Å². The molecular formula is C98H117F4N17O12. The number of nitrogens with one attached hydrogen (secondary N) is 6. The van der Waals surface area contributed by atoms with Gasteiger partial charge >= 0.3 is 36.1 Å². The zero-order valence-electron chi connectivity index (χ0n) is 74.4. The Bertz CT molecular complexity index is 5130. The molecule has 694 valence electrons. The van der Waals surface area contributed by atoms with Gasteiger partial charge in [0.05, 0.1) is 76.2 Å². The molecule has 33 heteroatoms. The van der Waals surface area contributed by atoms with Crippen LogP contribution in [-0.4, -0.2) is 141 Å². The van der Waals surface area contributed by atoms with Gasteiger partial charge in [-0.2, -0.15) is 21.0 Å². The number of non-ortho nitro benzene ring substituents is 1. The van der Waals surface area contributed by atoms with Gasteiger partial charge in [0.25, 0.3) is 5.69 Å². The van der Waals surface area contributed by atoms with Crippen molar-refractivity contribution in [2.75, 3.05) is 66.6 Å². The SMILES string of the molecule is COC(=O)C1=C(C)NC(=O)N(C(=O)NCCCNC2CCC(C#N)(c3ccccc3)CC2)C1c1ccc(F)c(F)c1.COC(=O)C1=C(C)NC(=O)N(C(=O)Oc2ccc([N+](=O)[O-])cc2)C1c1ccc(F)c(F)c1.N#CC1(c2ccccc2)CCC(=O)CC1.N#CC1(c2ccccc2)CCC(NCCCN)CC1.N#CC1(c2ccccc2)CCC(NCCCN)CC1.NCCCN. The van der Waals surface area contributed by atoms with E-state index < -0.39 is 87.2 Å². The third kappa shape index (κ3) is 28.0. The molecule has 2 aliphatic heterocycles. The van der Waals surface area contributed by atoms with Gasteiger partial charge in [-0.05, 0) is 245 Å². The Morgan fingerprint density at radius 3 is 1.10 bits per heavy atom. The van der Waals surface area contributed by atoms with E-state index in [2.05, 4.69) is 80.4 Å². The van der Waals surface area contributed by atoms with Gasteiger partial charge in [-0.15, -0.1) is 0 Å². The van der Waals surface area contributed by atoms with E-state index in [1.165, 1.54) is 31.0 Å². The number of rotatable bonds is 25. The molecule has 2 heterocycles. The molecule has 7 amide bonds. The Balaban J connectivity index is 0.000000208. The fraction of sp³-hybridized carbons (Fsp3) is 0.418. The molecule has 4 aliphatic carbocycles. The molecule has 7 aromatic rings. The summed E-state index contributed by atoms with van der Waals surface area (Å²) in [7, 11) is 2.22. The van der Waals surface area contributed by atoms with Gasteiger partial charge in [0, 0.05) is 61.0 Å². The molecule has 0 spiro atoms. The maximum Gasteiger partial charge on any atom is 0.424 e. The van der Waals surface area contributed by atoms with Crippen molar-refractivity contribution in [2.45, 2.75) is 194 Å². The number of nitrogens with zero attached hydrogens (tertiary/aromatic N) is 7. The number of nitrogens with two attached hydrogens (primary N) is 4. The van der Waals surface area contributed by atoms with Gasteiger partial charge in [-0.25, -0.2) is 56.1 Å². The Labute approximate surface area is 761 Å². The van der Waals surface area contributed by atoms with Crippen molar-refractivity contribution in [1.82, 2.24) is 41.7 Å². The summed E-state index contributed by atoms with van der Waals surface area (Å²) in [6.07, 6.45) is 16.0. The molecule has 29 nitrogen and oxygen atoms in total. The number of ether oxygens (including phenoxy) is 3.